The number of hydrogen-bond donors (Lipinski definition) is 1. The van der Waals surface area contributed by atoms with E-state index in [9.17, 15) is 14.4 Å². The van der Waals surface area contributed by atoms with Crippen molar-refractivity contribution < 1.29 is 0 Å². The van der Waals surface area contributed by atoms with Crippen molar-refractivity contribution >= 4 is 11.0 Å². The molecule has 1 N–H and O–H groups in total. The maximum atomic E-state index is 13.9. The zero-order valence-electron chi connectivity index (χ0n) is 20.6. The van der Waals surface area contributed by atoms with Crippen LogP contribution in [0.5, 0.6) is 0 Å². The molecule has 2 aromatic heterocycles. The predicted molar refractivity (Wildman–Crippen MR) is 138 cm³/mol. The quantitative estimate of drug-likeness (QED) is 0.604. The third kappa shape index (κ3) is 4.23. The summed E-state index contributed by atoms with van der Waals surface area (Å²) < 4.78 is 2.77. The van der Waals surface area contributed by atoms with Gasteiger partial charge in [0.2, 0.25) is 5.82 Å². The van der Waals surface area contributed by atoms with Crippen molar-refractivity contribution in [1.82, 2.24) is 29.2 Å². The van der Waals surface area contributed by atoms with Crippen molar-refractivity contribution in [3.05, 3.63) is 61.7 Å². The number of nitrogens with zero attached hydrogens (tertiary/aromatic N) is 5. The molecule has 1 aliphatic carbocycles. The molecule has 0 radical (unpaired) electrons. The van der Waals surface area contributed by atoms with Gasteiger partial charge < -0.3 is 4.57 Å². The average molecular weight is 491 g/mol. The largest absolute Gasteiger partial charge is 0.351 e. The molecular weight excluding hydrogens is 456 g/mol. The molecule has 2 bridgehead atoms. The molecule has 3 fully saturated rings. The Morgan fingerprint density at radius 1 is 0.778 bits per heavy atom. The van der Waals surface area contributed by atoms with Crippen LogP contribution in [-0.2, 0) is 0 Å². The standard InChI is InChI=1S/C27H34N6O3/c34-24-17-28-33(27(36)30-24)25-26(35)32(23-14-7-6-13-22(23)29-25)21-15-19-11-8-12-20(16-21)31(19)18-9-4-2-1-3-5-10-18/h6-7,13-14,17-21H,1-5,8-12,15-16H2,(H,30,34,36)/t19-,20+,21+. The van der Waals surface area contributed by atoms with Crippen LogP contribution in [0.25, 0.3) is 16.9 Å². The number of rotatable bonds is 3. The van der Waals surface area contributed by atoms with E-state index >= 15 is 0 Å². The Labute approximate surface area is 209 Å². The molecule has 1 aromatic carbocycles. The first kappa shape index (κ1) is 23.3. The second-order valence-corrected chi connectivity index (χ2v) is 10.8. The van der Waals surface area contributed by atoms with E-state index in [1.54, 1.807) is 0 Å². The molecule has 4 heterocycles. The summed E-state index contributed by atoms with van der Waals surface area (Å²) >= 11 is 0. The van der Waals surface area contributed by atoms with E-state index in [0.29, 0.717) is 23.6 Å². The monoisotopic (exact) mass is 490 g/mol. The van der Waals surface area contributed by atoms with Crippen LogP contribution >= 0.6 is 0 Å². The van der Waals surface area contributed by atoms with E-state index in [0.717, 1.165) is 29.2 Å². The minimum Gasteiger partial charge on any atom is -0.300 e. The van der Waals surface area contributed by atoms with Gasteiger partial charge in [-0.15, -0.1) is 0 Å². The Morgan fingerprint density at radius 2 is 1.44 bits per heavy atom. The van der Waals surface area contributed by atoms with Gasteiger partial charge in [-0.3, -0.25) is 19.5 Å². The summed E-state index contributed by atoms with van der Waals surface area (Å²) in [5.41, 5.74) is -0.277. The van der Waals surface area contributed by atoms with E-state index in [-0.39, 0.29) is 17.4 Å². The van der Waals surface area contributed by atoms with E-state index in [1.165, 1.54) is 64.2 Å². The molecule has 0 unspecified atom stereocenters. The van der Waals surface area contributed by atoms with Crippen molar-refractivity contribution in [2.75, 3.05) is 0 Å². The van der Waals surface area contributed by atoms with Crippen LogP contribution in [0.15, 0.2) is 44.8 Å². The molecule has 2 saturated heterocycles. The van der Waals surface area contributed by atoms with Crippen LogP contribution in [0.3, 0.4) is 0 Å². The van der Waals surface area contributed by atoms with Crippen LogP contribution in [0.1, 0.15) is 83.1 Å². The van der Waals surface area contributed by atoms with Crippen molar-refractivity contribution in [3.63, 3.8) is 0 Å². The summed E-state index contributed by atoms with van der Waals surface area (Å²) in [4.78, 5) is 47.5. The Kier molecular flexibility index (Phi) is 6.33. The third-order valence-electron chi connectivity index (χ3n) is 8.56. The van der Waals surface area contributed by atoms with Gasteiger partial charge >= 0.3 is 5.69 Å². The molecule has 190 valence electrons. The van der Waals surface area contributed by atoms with Gasteiger partial charge in [-0.1, -0.05) is 50.7 Å². The molecule has 9 heteroatoms. The summed E-state index contributed by atoms with van der Waals surface area (Å²) in [6, 6.07) is 9.24. The van der Waals surface area contributed by atoms with Gasteiger partial charge in [0.1, 0.15) is 6.20 Å². The van der Waals surface area contributed by atoms with Crippen LogP contribution in [-0.4, -0.2) is 47.3 Å². The number of H-pyrrole nitrogens is 1. The summed E-state index contributed by atoms with van der Waals surface area (Å²) in [6.45, 7) is 0. The topological polar surface area (TPSA) is 106 Å². The SMILES string of the molecule is O=c1cnn(-c2nc3ccccc3n([C@H]3C[C@H]4CCC[C@@H](C3)N4C3CCCCCCC3)c2=O)c(=O)[nH]1. The fourth-order valence-corrected chi connectivity index (χ4v) is 7.07. The Bertz CT molecular complexity index is 1400. The highest BCUT2D eigenvalue weighted by Crippen LogP contribution is 2.42. The molecule has 0 spiro atoms. The summed E-state index contributed by atoms with van der Waals surface area (Å²) in [5, 5.41) is 3.93. The lowest BCUT2D eigenvalue weighted by atomic mass is 9.79. The van der Waals surface area contributed by atoms with Gasteiger partial charge in [-0.25, -0.2) is 9.78 Å². The van der Waals surface area contributed by atoms with Crippen molar-refractivity contribution in [2.45, 2.75) is 101 Å². The maximum Gasteiger partial charge on any atom is 0.351 e. The first-order valence-electron chi connectivity index (χ1n) is 13.6. The predicted octanol–water partition coefficient (Wildman–Crippen LogP) is 3.30. The van der Waals surface area contributed by atoms with Crippen LogP contribution < -0.4 is 16.8 Å². The van der Waals surface area contributed by atoms with Crippen LogP contribution in [0.2, 0.25) is 0 Å². The summed E-state index contributed by atoms with van der Waals surface area (Å²) in [6.07, 6.45) is 15.7. The number of fused-ring (bicyclic) bond motifs is 3. The fourth-order valence-electron chi connectivity index (χ4n) is 7.07. The van der Waals surface area contributed by atoms with Gasteiger partial charge in [0, 0.05) is 24.2 Å². The normalized spacial score (nSPS) is 25.9. The van der Waals surface area contributed by atoms with E-state index in [1.807, 2.05) is 28.8 Å². The van der Waals surface area contributed by atoms with Gasteiger partial charge in [0.15, 0.2) is 0 Å². The smallest absolute Gasteiger partial charge is 0.300 e. The number of benzene rings is 1. The summed E-state index contributed by atoms with van der Waals surface area (Å²) in [7, 11) is 0. The second-order valence-electron chi connectivity index (χ2n) is 10.8. The molecular formula is C27H34N6O3. The lowest BCUT2D eigenvalue weighted by Gasteiger charge is -2.53. The number of aromatic nitrogens is 5. The number of nitrogens with one attached hydrogen (secondary N) is 1. The first-order valence-corrected chi connectivity index (χ1v) is 13.6. The van der Waals surface area contributed by atoms with Crippen LogP contribution in [0.4, 0.5) is 0 Å². The number of para-hydroxylation sites is 2. The van der Waals surface area contributed by atoms with E-state index in [2.05, 4.69) is 20.0 Å². The van der Waals surface area contributed by atoms with Gasteiger partial charge in [0.05, 0.1) is 11.0 Å². The molecule has 9 nitrogen and oxygen atoms in total. The average Bonchev–Trinajstić information content (AvgIpc) is 2.83. The molecule has 3 aromatic rings. The second kappa shape index (κ2) is 9.76. The van der Waals surface area contributed by atoms with Gasteiger partial charge in [-0.05, 0) is 50.7 Å². The Morgan fingerprint density at radius 3 is 2.17 bits per heavy atom. The highest BCUT2D eigenvalue weighted by atomic mass is 16.2. The summed E-state index contributed by atoms with van der Waals surface area (Å²) in [5.74, 6) is -0.0671. The van der Waals surface area contributed by atoms with E-state index < -0.39 is 11.2 Å². The molecule has 36 heavy (non-hydrogen) atoms. The molecule has 1 saturated carbocycles. The molecule has 3 aliphatic rings. The maximum absolute atomic E-state index is 13.9. The molecule has 6 rings (SSSR count). The number of hydrogen-bond acceptors (Lipinski definition) is 6. The minimum absolute atomic E-state index is 0.0303. The zero-order chi connectivity index (χ0) is 24.6. The van der Waals surface area contributed by atoms with E-state index in [4.69, 9.17) is 0 Å². The number of piperidine rings is 2. The molecule has 0 amide bonds. The van der Waals surface area contributed by atoms with Gasteiger partial charge in [-0.2, -0.15) is 9.78 Å². The lowest BCUT2D eigenvalue weighted by Crippen LogP contribution is -2.57. The Hall–Kier alpha value is -3.07. The highest BCUT2D eigenvalue weighted by Gasteiger charge is 2.42. The Balaban J connectivity index is 1.41. The molecule has 3 atom stereocenters. The fraction of sp³-hybridized carbons (Fsp3) is 0.593. The molecule has 2 aliphatic heterocycles. The van der Waals surface area contributed by atoms with Crippen molar-refractivity contribution in [1.29, 1.82) is 0 Å². The highest BCUT2D eigenvalue weighted by molar-refractivity contribution is 5.75. The van der Waals surface area contributed by atoms with Crippen molar-refractivity contribution in [3.8, 4) is 5.82 Å². The lowest BCUT2D eigenvalue weighted by molar-refractivity contribution is -0.0247. The number of aromatic amines is 1. The zero-order valence-corrected chi connectivity index (χ0v) is 20.6. The minimum atomic E-state index is -0.759. The third-order valence-corrected chi connectivity index (χ3v) is 8.56. The van der Waals surface area contributed by atoms with Crippen LogP contribution in [0, 0.1) is 0 Å². The van der Waals surface area contributed by atoms with Crippen molar-refractivity contribution in [2.24, 2.45) is 0 Å². The first-order chi connectivity index (χ1) is 17.6. The van der Waals surface area contributed by atoms with Gasteiger partial charge in [0.25, 0.3) is 11.1 Å².